The molecule has 0 aliphatic carbocycles. The molecule has 1 aliphatic rings. The zero-order chi connectivity index (χ0) is 16.9. The van der Waals surface area contributed by atoms with E-state index >= 15 is 0 Å². The van der Waals surface area contributed by atoms with Crippen LogP contribution in [-0.4, -0.2) is 35.1 Å². The largest absolute Gasteiger partial charge is 0.377 e. The van der Waals surface area contributed by atoms with E-state index in [1.54, 1.807) is 13.3 Å². The summed E-state index contributed by atoms with van der Waals surface area (Å²) in [5.74, 6) is 0.181. The molecule has 0 saturated carbocycles. The zero-order valence-electron chi connectivity index (χ0n) is 13.7. The molecule has 0 amide bonds. The zero-order valence-corrected chi connectivity index (χ0v) is 13.7. The Labute approximate surface area is 140 Å². The Bertz CT molecular complexity index is 696. The molecule has 1 saturated heterocycles. The topological polar surface area (TPSA) is 38.2 Å². The van der Waals surface area contributed by atoms with Crippen molar-refractivity contribution in [2.75, 3.05) is 20.2 Å². The summed E-state index contributed by atoms with van der Waals surface area (Å²) in [6.45, 7) is 2.46. The van der Waals surface area contributed by atoms with E-state index in [4.69, 9.17) is 4.74 Å². The third kappa shape index (κ3) is 4.13. The van der Waals surface area contributed by atoms with Crippen molar-refractivity contribution < 1.29 is 13.5 Å². The maximum Gasteiger partial charge on any atom is 0.154 e. The predicted molar refractivity (Wildman–Crippen MR) is 86.4 cm³/mol. The number of aromatic nitrogens is 2. The average molecular weight is 333 g/mol. The number of likely N-dealkylation sites (tertiary alicyclic amines) is 1. The van der Waals surface area contributed by atoms with Gasteiger partial charge in [-0.15, -0.1) is 0 Å². The lowest BCUT2D eigenvalue weighted by molar-refractivity contribution is 0.175. The molecule has 0 N–H and O–H groups in total. The fourth-order valence-electron chi connectivity index (χ4n) is 3.19. The fraction of sp³-hybridized carbons (Fsp3) is 0.444. The van der Waals surface area contributed by atoms with Crippen molar-refractivity contribution in [3.8, 4) is 0 Å². The SMILES string of the molecule is COCc1nccc(C2CCCN(Cc3cc(F)ccc3F)C2)n1. The van der Waals surface area contributed by atoms with Gasteiger partial charge in [-0.3, -0.25) is 4.90 Å². The lowest BCUT2D eigenvalue weighted by atomic mass is 9.94. The predicted octanol–water partition coefficient (Wildman–Crippen LogP) is 3.28. The first kappa shape index (κ1) is 16.9. The number of hydrogen-bond donors (Lipinski definition) is 0. The van der Waals surface area contributed by atoms with Crippen molar-refractivity contribution >= 4 is 0 Å². The van der Waals surface area contributed by atoms with Crippen LogP contribution in [0.25, 0.3) is 0 Å². The highest BCUT2D eigenvalue weighted by molar-refractivity contribution is 5.19. The average Bonchev–Trinajstić information content (AvgIpc) is 2.59. The minimum atomic E-state index is -0.403. The molecule has 2 aromatic rings. The molecule has 1 aliphatic heterocycles. The molecule has 1 aromatic heterocycles. The van der Waals surface area contributed by atoms with Gasteiger partial charge in [0.25, 0.3) is 0 Å². The van der Waals surface area contributed by atoms with Gasteiger partial charge < -0.3 is 4.74 Å². The summed E-state index contributed by atoms with van der Waals surface area (Å²) in [7, 11) is 1.62. The highest BCUT2D eigenvalue weighted by atomic mass is 19.1. The Balaban J connectivity index is 1.70. The van der Waals surface area contributed by atoms with Gasteiger partial charge in [-0.25, -0.2) is 18.7 Å². The molecule has 1 unspecified atom stereocenters. The van der Waals surface area contributed by atoms with Crippen LogP contribution in [0, 0.1) is 11.6 Å². The summed E-state index contributed by atoms with van der Waals surface area (Å²) in [6.07, 6.45) is 3.79. The number of halogens is 2. The molecular formula is C18H21F2N3O. The Kier molecular flexibility index (Phi) is 5.48. The van der Waals surface area contributed by atoms with Gasteiger partial charge in [0.15, 0.2) is 5.82 Å². The van der Waals surface area contributed by atoms with E-state index in [2.05, 4.69) is 14.9 Å². The Morgan fingerprint density at radius 2 is 2.17 bits per heavy atom. The van der Waals surface area contributed by atoms with Crippen LogP contribution in [0.15, 0.2) is 30.5 Å². The lowest BCUT2D eigenvalue weighted by Gasteiger charge is -2.32. The monoisotopic (exact) mass is 333 g/mol. The van der Waals surface area contributed by atoms with Crippen LogP contribution in [0.5, 0.6) is 0 Å². The lowest BCUT2D eigenvalue weighted by Crippen LogP contribution is -2.34. The van der Waals surface area contributed by atoms with Gasteiger partial charge in [-0.05, 0) is 43.7 Å². The molecule has 24 heavy (non-hydrogen) atoms. The first-order valence-electron chi connectivity index (χ1n) is 8.12. The highest BCUT2D eigenvalue weighted by Crippen LogP contribution is 2.27. The van der Waals surface area contributed by atoms with Gasteiger partial charge >= 0.3 is 0 Å². The van der Waals surface area contributed by atoms with Crippen molar-refractivity contribution in [1.82, 2.24) is 14.9 Å². The van der Waals surface area contributed by atoms with E-state index in [-0.39, 0.29) is 11.7 Å². The van der Waals surface area contributed by atoms with E-state index in [1.807, 2.05) is 6.07 Å². The number of ether oxygens (including phenoxy) is 1. The van der Waals surface area contributed by atoms with Crippen LogP contribution >= 0.6 is 0 Å². The van der Waals surface area contributed by atoms with Gasteiger partial charge in [0.2, 0.25) is 0 Å². The summed E-state index contributed by atoms with van der Waals surface area (Å²) in [6, 6.07) is 5.54. The molecule has 0 spiro atoms. The summed E-state index contributed by atoms with van der Waals surface area (Å²) >= 11 is 0. The van der Waals surface area contributed by atoms with Crippen LogP contribution in [0.2, 0.25) is 0 Å². The summed E-state index contributed by atoms with van der Waals surface area (Å²) < 4.78 is 32.3. The first-order valence-corrected chi connectivity index (χ1v) is 8.12. The molecule has 6 heteroatoms. The second-order valence-corrected chi connectivity index (χ2v) is 6.14. The van der Waals surface area contributed by atoms with Crippen LogP contribution in [0.1, 0.15) is 35.8 Å². The molecule has 2 heterocycles. The van der Waals surface area contributed by atoms with Crippen LogP contribution < -0.4 is 0 Å². The molecule has 4 nitrogen and oxygen atoms in total. The fourth-order valence-corrected chi connectivity index (χ4v) is 3.19. The molecule has 1 atom stereocenters. The molecule has 128 valence electrons. The molecule has 1 aromatic carbocycles. The van der Waals surface area contributed by atoms with Gasteiger partial charge in [-0.2, -0.15) is 0 Å². The minimum absolute atomic E-state index is 0.272. The number of hydrogen-bond acceptors (Lipinski definition) is 4. The molecule has 0 bridgehead atoms. The quantitative estimate of drug-likeness (QED) is 0.842. The second kappa shape index (κ2) is 7.77. The smallest absolute Gasteiger partial charge is 0.154 e. The molecule has 1 fully saturated rings. The molecular weight excluding hydrogens is 312 g/mol. The normalized spacial score (nSPS) is 18.7. The second-order valence-electron chi connectivity index (χ2n) is 6.14. The van der Waals surface area contributed by atoms with Gasteiger partial charge in [-0.1, -0.05) is 0 Å². The minimum Gasteiger partial charge on any atom is -0.377 e. The number of benzene rings is 1. The Morgan fingerprint density at radius 3 is 3.00 bits per heavy atom. The van der Waals surface area contributed by atoms with E-state index in [9.17, 15) is 8.78 Å². The molecule has 3 rings (SSSR count). The van der Waals surface area contributed by atoms with Crippen molar-refractivity contribution in [3.63, 3.8) is 0 Å². The van der Waals surface area contributed by atoms with Crippen LogP contribution in [-0.2, 0) is 17.9 Å². The number of rotatable bonds is 5. The third-order valence-corrected chi connectivity index (χ3v) is 4.33. The van der Waals surface area contributed by atoms with E-state index in [0.29, 0.717) is 24.5 Å². The highest BCUT2D eigenvalue weighted by Gasteiger charge is 2.23. The first-order chi connectivity index (χ1) is 11.7. The number of methoxy groups -OCH3 is 1. The maximum absolute atomic E-state index is 13.9. The van der Waals surface area contributed by atoms with E-state index in [1.165, 1.54) is 12.1 Å². The van der Waals surface area contributed by atoms with Gasteiger partial charge in [0.05, 0.1) is 0 Å². The summed E-state index contributed by atoms with van der Waals surface area (Å²) in [4.78, 5) is 10.9. The Morgan fingerprint density at radius 1 is 1.29 bits per heavy atom. The summed E-state index contributed by atoms with van der Waals surface area (Å²) in [5, 5.41) is 0. The standard InChI is InChI=1S/C18H21F2N3O/c1-24-12-18-21-7-6-17(22-18)13-3-2-8-23(10-13)11-14-9-15(19)4-5-16(14)20/h4-7,9,13H,2-3,8,10-12H2,1H3. The van der Waals surface area contributed by atoms with Gasteiger partial charge in [0.1, 0.15) is 18.2 Å². The van der Waals surface area contributed by atoms with Crippen molar-refractivity contribution in [1.29, 1.82) is 0 Å². The number of nitrogens with zero attached hydrogens (tertiary/aromatic N) is 3. The Hall–Kier alpha value is -1.92. The molecule has 0 radical (unpaired) electrons. The summed E-state index contributed by atoms with van der Waals surface area (Å²) in [5.41, 5.74) is 1.39. The van der Waals surface area contributed by atoms with E-state index < -0.39 is 5.82 Å². The van der Waals surface area contributed by atoms with Crippen LogP contribution in [0.3, 0.4) is 0 Å². The van der Waals surface area contributed by atoms with Crippen molar-refractivity contribution in [2.24, 2.45) is 0 Å². The number of piperidine rings is 1. The van der Waals surface area contributed by atoms with Gasteiger partial charge in [0, 0.05) is 43.6 Å². The van der Waals surface area contributed by atoms with Crippen LogP contribution in [0.4, 0.5) is 8.78 Å². The van der Waals surface area contributed by atoms with Crippen molar-refractivity contribution in [2.45, 2.75) is 31.9 Å². The van der Waals surface area contributed by atoms with E-state index in [0.717, 1.165) is 37.7 Å². The maximum atomic E-state index is 13.9. The van der Waals surface area contributed by atoms with Crippen molar-refractivity contribution in [3.05, 3.63) is 59.2 Å². The third-order valence-electron chi connectivity index (χ3n) is 4.33.